The van der Waals surface area contributed by atoms with Crippen LogP contribution in [0.5, 0.6) is 5.75 Å². The quantitative estimate of drug-likeness (QED) is 0.414. The van der Waals surface area contributed by atoms with Crippen LogP contribution in [0.2, 0.25) is 0 Å². The molecule has 7 nitrogen and oxygen atoms in total. The third-order valence-corrected chi connectivity index (χ3v) is 3.92. The molecule has 1 aliphatic heterocycles. The van der Waals surface area contributed by atoms with Crippen LogP contribution in [0, 0.1) is 0 Å². The number of hydrogen-bond acceptors (Lipinski definition) is 5. The number of carbonyl (C=O) groups excluding carboxylic acids is 2. The highest BCUT2D eigenvalue weighted by molar-refractivity contribution is 7.80. The molecule has 1 fully saturated rings. The molecule has 1 saturated heterocycles. The Morgan fingerprint density at radius 3 is 2.37 bits per heavy atom. The van der Waals surface area contributed by atoms with Gasteiger partial charge in [0.15, 0.2) is 5.11 Å². The lowest BCUT2D eigenvalue weighted by Crippen LogP contribution is -2.51. The molecule has 0 aliphatic carbocycles. The molecule has 1 aliphatic rings. The summed E-state index contributed by atoms with van der Waals surface area (Å²) in [7, 11) is 0. The first-order valence-electron chi connectivity index (χ1n) is 7.86. The van der Waals surface area contributed by atoms with E-state index in [1.54, 1.807) is 36.4 Å². The van der Waals surface area contributed by atoms with Crippen molar-refractivity contribution in [3.05, 3.63) is 70.8 Å². The Morgan fingerprint density at radius 2 is 1.74 bits per heavy atom. The van der Waals surface area contributed by atoms with Crippen LogP contribution in [0.1, 0.15) is 21.5 Å². The molecule has 0 bridgehead atoms. The van der Waals surface area contributed by atoms with E-state index in [1.165, 1.54) is 18.2 Å². The Hall–Kier alpha value is -3.52. The average Bonchev–Trinajstić information content (AvgIpc) is 2.63. The number of hydrogen-bond donors (Lipinski definition) is 3. The van der Waals surface area contributed by atoms with Crippen LogP contribution in [0.3, 0.4) is 0 Å². The largest absolute Gasteiger partial charge is 0.489 e. The van der Waals surface area contributed by atoms with E-state index in [1.807, 2.05) is 0 Å². The minimum absolute atomic E-state index is 0.0202. The number of ether oxygens (including phenoxy) is 1. The van der Waals surface area contributed by atoms with E-state index in [4.69, 9.17) is 22.1 Å². The second-order valence-electron chi connectivity index (χ2n) is 5.66. The van der Waals surface area contributed by atoms with E-state index in [-0.39, 0.29) is 22.9 Å². The average molecular weight is 382 g/mol. The summed E-state index contributed by atoms with van der Waals surface area (Å²) in [6.07, 6.45) is 1.45. The summed E-state index contributed by atoms with van der Waals surface area (Å²) in [5, 5.41) is 13.6. The van der Waals surface area contributed by atoms with Gasteiger partial charge in [0.05, 0.1) is 5.56 Å². The maximum atomic E-state index is 11.9. The van der Waals surface area contributed by atoms with Crippen LogP contribution < -0.4 is 15.4 Å². The minimum atomic E-state index is -0.986. The van der Waals surface area contributed by atoms with Crippen LogP contribution in [-0.4, -0.2) is 28.0 Å². The van der Waals surface area contributed by atoms with Crippen molar-refractivity contribution in [3.63, 3.8) is 0 Å². The van der Waals surface area contributed by atoms with Gasteiger partial charge in [0.25, 0.3) is 11.8 Å². The molecule has 27 heavy (non-hydrogen) atoms. The van der Waals surface area contributed by atoms with Crippen LogP contribution in [0.4, 0.5) is 0 Å². The molecule has 0 unspecified atom stereocenters. The number of benzene rings is 2. The third-order valence-electron chi connectivity index (χ3n) is 3.72. The Kier molecular flexibility index (Phi) is 5.28. The number of aromatic carboxylic acids is 1. The number of nitrogens with one attached hydrogen (secondary N) is 2. The molecule has 3 rings (SSSR count). The van der Waals surface area contributed by atoms with Crippen molar-refractivity contribution in [2.45, 2.75) is 6.61 Å². The highest BCUT2D eigenvalue weighted by atomic mass is 32.1. The van der Waals surface area contributed by atoms with Gasteiger partial charge in [-0.25, -0.2) is 4.79 Å². The second-order valence-corrected chi connectivity index (χ2v) is 6.07. The van der Waals surface area contributed by atoms with Crippen LogP contribution in [0.25, 0.3) is 6.08 Å². The first-order valence-corrected chi connectivity index (χ1v) is 8.26. The van der Waals surface area contributed by atoms with Crippen molar-refractivity contribution in [2.24, 2.45) is 0 Å². The summed E-state index contributed by atoms with van der Waals surface area (Å²) in [5.74, 6) is -1.57. The molecule has 0 radical (unpaired) electrons. The first kappa shape index (κ1) is 18.3. The molecular formula is C19H14N2O5S. The first-order chi connectivity index (χ1) is 12.9. The van der Waals surface area contributed by atoms with Gasteiger partial charge in [-0.05, 0) is 53.7 Å². The van der Waals surface area contributed by atoms with E-state index in [0.717, 1.165) is 5.56 Å². The molecule has 1 heterocycles. The van der Waals surface area contributed by atoms with Gasteiger partial charge in [-0.1, -0.05) is 24.3 Å². The maximum Gasteiger partial charge on any atom is 0.335 e. The fourth-order valence-electron chi connectivity index (χ4n) is 2.38. The topological polar surface area (TPSA) is 105 Å². The molecule has 2 aromatic rings. The Labute approximate surface area is 159 Å². The van der Waals surface area contributed by atoms with E-state index in [9.17, 15) is 14.4 Å². The summed E-state index contributed by atoms with van der Waals surface area (Å²) in [4.78, 5) is 34.6. The Balaban J connectivity index is 1.71. The Morgan fingerprint density at radius 1 is 1.07 bits per heavy atom. The molecule has 0 atom stereocenters. The molecule has 8 heteroatoms. The molecule has 0 saturated carbocycles. The van der Waals surface area contributed by atoms with Crippen LogP contribution >= 0.6 is 12.2 Å². The number of rotatable bonds is 5. The normalized spacial score (nSPS) is 13.6. The van der Waals surface area contributed by atoms with Crippen molar-refractivity contribution in [1.29, 1.82) is 0 Å². The third kappa shape index (κ3) is 4.56. The van der Waals surface area contributed by atoms with Gasteiger partial charge < -0.3 is 9.84 Å². The van der Waals surface area contributed by atoms with Crippen molar-refractivity contribution in [3.8, 4) is 5.75 Å². The van der Waals surface area contributed by atoms with Crippen molar-refractivity contribution in [1.82, 2.24) is 10.6 Å². The van der Waals surface area contributed by atoms with Gasteiger partial charge in [0.1, 0.15) is 17.9 Å². The lowest BCUT2D eigenvalue weighted by Gasteiger charge is -2.16. The van der Waals surface area contributed by atoms with Gasteiger partial charge >= 0.3 is 5.97 Å². The summed E-state index contributed by atoms with van der Waals surface area (Å²) in [6, 6.07) is 13.3. The number of carboxylic acids is 1. The predicted molar refractivity (Wildman–Crippen MR) is 101 cm³/mol. The van der Waals surface area contributed by atoms with E-state index >= 15 is 0 Å². The van der Waals surface area contributed by atoms with Gasteiger partial charge in [-0.15, -0.1) is 0 Å². The van der Waals surface area contributed by atoms with Crippen LogP contribution in [-0.2, 0) is 16.2 Å². The van der Waals surface area contributed by atoms with Gasteiger partial charge in [0, 0.05) is 0 Å². The van der Waals surface area contributed by atoms with E-state index in [2.05, 4.69) is 10.6 Å². The lowest BCUT2D eigenvalue weighted by atomic mass is 10.1. The summed E-state index contributed by atoms with van der Waals surface area (Å²) >= 11 is 4.76. The molecule has 0 aromatic heterocycles. The molecule has 136 valence electrons. The minimum Gasteiger partial charge on any atom is -0.489 e. The zero-order valence-electron chi connectivity index (χ0n) is 13.9. The zero-order valence-corrected chi connectivity index (χ0v) is 14.7. The summed E-state index contributed by atoms with van der Waals surface area (Å²) < 4.78 is 5.69. The fraction of sp³-hybridized carbons (Fsp3) is 0.0526. The number of carboxylic acid groups (broad SMARTS) is 1. The van der Waals surface area contributed by atoms with Gasteiger partial charge in [0.2, 0.25) is 0 Å². The smallest absolute Gasteiger partial charge is 0.335 e. The molecular weight excluding hydrogens is 368 g/mol. The predicted octanol–water partition coefficient (Wildman–Crippen LogP) is 1.88. The SMILES string of the molecule is O=C1NC(=S)NC(=O)C1=Cc1cccc(OCc2ccc(C(=O)O)cc2)c1. The van der Waals surface area contributed by atoms with Crippen LogP contribution in [0.15, 0.2) is 54.1 Å². The monoisotopic (exact) mass is 382 g/mol. The number of amides is 2. The van der Waals surface area contributed by atoms with Gasteiger partial charge in [-0.2, -0.15) is 0 Å². The highest BCUT2D eigenvalue weighted by Gasteiger charge is 2.25. The van der Waals surface area contributed by atoms with Crippen molar-refractivity contribution >= 4 is 41.2 Å². The van der Waals surface area contributed by atoms with E-state index in [0.29, 0.717) is 11.3 Å². The molecule has 2 amide bonds. The zero-order chi connectivity index (χ0) is 19.4. The number of carbonyl (C=O) groups is 3. The molecule has 3 N–H and O–H groups in total. The molecule has 0 spiro atoms. The fourth-order valence-corrected chi connectivity index (χ4v) is 2.56. The second kappa shape index (κ2) is 7.79. The number of thiocarbonyl (C=S) groups is 1. The molecule has 2 aromatic carbocycles. The summed E-state index contributed by atoms with van der Waals surface area (Å²) in [6.45, 7) is 0.245. The lowest BCUT2D eigenvalue weighted by molar-refractivity contribution is -0.123. The maximum absolute atomic E-state index is 11.9. The Bertz CT molecular complexity index is 944. The van der Waals surface area contributed by atoms with Crippen molar-refractivity contribution in [2.75, 3.05) is 0 Å². The van der Waals surface area contributed by atoms with Crippen molar-refractivity contribution < 1.29 is 24.2 Å². The highest BCUT2D eigenvalue weighted by Crippen LogP contribution is 2.18. The van der Waals surface area contributed by atoms with E-state index < -0.39 is 17.8 Å². The standard InChI is InChI=1S/C19H14N2O5S/c22-16-15(17(23)21-19(27)20-16)9-12-2-1-3-14(8-12)26-10-11-4-6-13(7-5-11)18(24)25/h1-9H,10H2,(H,24,25)(H2,20,21,22,23,27). The van der Waals surface area contributed by atoms with Gasteiger partial charge in [-0.3, -0.25) is 20.2 Å². The summed E-state index contributed by atoms with van der Waals surface area (Å²) in [5.41, 5.74) is 1.58.